The van der Waals surface area contributed by atoms with Gasteiger partial charge >= 0.3 is 0 Å². The van der Waals surface area contributed by atoms with E-state index >= 15 is 0 Å². The molecule has 4 heteroatoms. The minimum Gasteiger partial charge on any atom is -0.497 e. The maximum atomic E-state index is 8.74. The molecule has 1 aromatic carbocycles. The molecule has 18 heavy (non-hydrogen) atoms. The van der Waals surface area contributed by atoms with E-state index in [4.69, 9.17) is 9.84 Å². The van der Waals surface area contributed by atoms with E-state index in [0.717, 1.165) is 41.7 Å². The van der Waals surface area contributed by atoms with Crippen molar-refractivity contribution in [3.05, 3.63) is 30.5 Å². The quantitative estimate of drug-likeness (QED) is 0.769. The second kappa shape index (κ2) is 6.21. The number of nitrogens with zero attached hydrogens (tertiary/aromatic N) is 1. The van der Waals surface area contributed by atoms with Crippen molar-refractivity contribution in [3.8, 4) is 5.75 Å². The van der Waals surface area contributed by atoms with Gasteiger partial charge in [0.2, 0.25) is 0 Å². The fourth-order valence-corrected chi connectivity index (χ4v) is 1.86. The first-order valence-corrected chi connectivity index (χ1v) is 6.12. The van der Waals surface area contributed by atoms with Gasteiger partial charge in [-0.3, -0.25) is 0 Å². The Labute approximate surface area is 107 Å². The third kappa shape index (κ3) is 2.90. The van der Waals surface area contributed by atoms with Crippen molar-refractivity contribution in [3.63, 3.8) is 0 Å². The molecule has 2 N–H and O–H groups in total. The Kier molecular flexibility index (Phi) is 4.36. The van der Waals surface area contributed by atoms with Gasteiger partial charge in [0.25, 0.3) is 0 Å². The molecule has 1 heterocycles. The predicted molar refractivity (Wildman–Crippen MR) is 73.1 cm³/mol. The zero-order valence-electron chi connectivity index (χ0n) is 10.5. The SMILES string of the molecule is COc1ccc2ccnc(NCCCCO)c2c1. The molecule has 96 valence electrons. The Morgan fingerprint density at radius 2 is 2.17 bits per heavy atom. The van der Waals surface area contributed by atoms with Crippen LogP contribution in [0.3, 0.4) is 0 Å². The van der Waals surface area contributed by atoms with Gasteiger partial charge < -0.3 is 15.2 Å². The highest BCUT2D eigenvalue weighted by atomic mass is 16.5. The number of rotatable bonds is 6. The van der Waals surface area contributed by atoms with Crippen molar-refractivity contribution in [2.24, 2.45) is 0 Å². The summed E-state index contributed by atoms with van der Waals surface area (Å²) in [6, 6.07) is 7.93. The summed E-state index contributed by atoms with van der Waals surface area (Å²) in [4.78, 5) is 4.35. The Morgan fingerprint density at radius 1 is 1.28 bits per heavy atom. The van der Waals surface area contributed by atoms with Crippen molar-refractivity contribution < 1.29 is 9.84 Å². The predicted octanol–water partition coefficient (Wildman–Crippen LogP) is 2.43. The van der Waals surface area contributed by atoms with Crippen LogP contribution in [0.2, 0.25) is 0 Å². The van der Waals surface area contributed by atoms with Gasteiger partial charge in [-0.15, -0.1) is 0 Å². The summed E-state index contributed by atoms with van der Waals surface area (Å²) in [5, 5.41) is 14.2. The number of unbranched alkanes of at least 4 members (excludes halogenated alkanes) is 1. The van der Waals surface area contributed by atoms with Crippen molar-refractivity contribution >= 4 is 16.6 Å². The lowest BCUT2D eigenvalue weighted by molar-refractivity contribution is 0.286. The van der Waals surface area contributed by atoms with Crippen LogP contribution in [0.5, 0.6) is 5.75 Å². The highest BCUT2D eigenvalue weighted by molar-refractivity contribution is 5.92. The van der Waals surface area contributed by atoms with Gasteiger partial charge in [0.15, 0.2) is 0 Å². The molecule has 0 unspecified atom stereocenters. The van der Waals surface area contributed by atoms with Crippen LogP contribution in [0, 0.1) is 0 Å². The molecular formula is C14H18N2O2. The van der Waals surface area contributed by atoms with Crippen molar-refractivity contribution in [2.75, 3.05) is 25.6 Å². The molecule has 0 saturated heterocycles. The van der Waals surface area contributed by atoms with E-state index in [1.807, 2.05) is 24.3 Å². The number of aliphatic hydroxyl groups excluding tert-OH is 1. The summed E-state index contributed by atoms with van der Waals surface area (Å²) in [7, 11) is 1.66. The number of hydrogen-bond donors (Lipinski definition) is 2. The zero-order chi connectivity index (χ0) is 12.8. The molecule has 0 aliphatic rings. The van der Waals surface area contributed by atoms with Crippen LogP contribution in [-0.4, -0.2) is 30.4 Å². The third-order valence-electron chi connectivity index (χ3n) is 2.85. The van der Waals surface area contributed by atoms with Crippen molar-refractivity contribution in [2.45, 2.75) is 12.8 Å². The summed E-state index contributed by atoms with van der Waals surface area (Å²) >= 11 is 0. The Balaban J connectivity index is 2.20. The van der Waals surface area contributed by atoms with Crippen LogP contribution in [0.1, 0.15) is 12.8 Å². The van der Waals surface area contributed by atoms with E-state index in [0.29, 0.717) is 0 Å². The number of methoxy groups -OCH3 is 1. The molecule has 0 aliphatic carbocycles. The Bertz CT molecular complexity index is 514. The Hall–Kier alpha value is -1.81. The molecule has 1 aromatic heterocycles. The largest absolute Gasteiger partial charge is 0.497 e. The number of ether oxygens (including phenoxy) is 1. The van der Waals surface area contributed by atoms with Gasteiger partial charge in [0.1, 0.15) is 11.6 Å². The molecule has 0 fully saturated rings. The molecule has 0 radical (unpaired) electrons. The average molecular weight is 246 g/mol. The summed E-state index contributed by atoms with van der Waals surface area (Å²) in [6.07, 6.45) is 3.53. The molecule has 0 bridgehead atoms. The van der Waals surface area contributed by atoms with Gasteiger partial charge in [-0.25, -0.2) is 4.98 Å². The average Bonchev–Trinajstić information content (AvgIpc) is 2.43. The van der Waals surface area contributed by atoms with E-state index in [1.54, 1.807) is 13.3 Å². The fourth-order valence-electron chi connectivity index (χ4n) is 1.86. The minimum atomic E-state index is 0.235. The first-order chi connectivity index (χ1) is 8.85. The lowest BCUT2D eigenvalue weighted by Crippen LogP contribution is -2.04. The first kappa shape index (κ1) is 12.6. The molecule has 0 spiro atoms. The number of fused-ring (bicyclic) bond motifs is 1. The summed E-state index contributed by atoms with van der Waals surface area (Å²) < 4.78 is 5.23. The summed E-state index contributed by atoms with van der Waals surface area (Å²) in [5.74, 6) is 1.69. The van der Waals surface area contributed by atoms with Gasteiger partial charge in [0, 0.05) is 24.7 Å². The maximum Gasteiger partial charge on any atom is 0.133 e. The molecule has 4 nitrogen and oxygen atoms in total. The second-order valence-electron chi connectivity index (χ2n) is 4.10. The van der Waals surface area contributed by atoms with E-state index in [-0.39, 0.29) is 6.61 Å². The fraction of sp³-hybridized carbons (Fsp3) is 0.357. The van der Waals surface area contributed by atoms with Crippen LogP contribution < -0.4 is 10.1 Å². The lowest BCUT2D eigenvalue weighted by atomic mass is 10.1. The van der Waals surface area contributed by atoms with E-state index in [2.05, 4.69) is 10.3 Å². The van der Waals surface area contributed by atoms with Crippen LogP contribution in [0.25, 0.3) is 10.8 Å². The molecule has 0 atom stereocenters. The number of aromatic nitrogens is 1. The van der Waals surface area contributed by atoms with E-state index < -0.39 is 0 Å². The standard InChI is InChI=1S/C14H18N2O2/c1-18-12-5-4-11-6-8-16-14(13(11)10-12)15-7-2-3-9-17/h4-6,8,10,17H,2-3,7,9H2,1H3,(H,15,16). The zero-order valence-corrected chi connectivity index (χ0v) is 10.5. The number of aliphatic hydroxyl groups is 1. The summed E-state index contributed by atoms with van der Waals surface area (Å²) in [5.41, 5.74) is 0. The number of anilines is 1. The molecule has 0 aliphatic heterocycles. The molecule has 0 saturated carbocycles. The minimum absolute atomic E-state index is 0.235. The van der Waals surface area contributed by atoms with Crippen molar-refractivity contribution in [1.82, 2.24) is 4.98 Å². The second-order valence-corrected chi connectivity index (χ2v) is 4.10. The molecule has 2 rings (SSSR count). The smallest absolute Gasteiger partial charge is 0.133 e. The lowest BCUT2D eigenvalue weighted by Gasteiger charge is -2.09. The third-order valence-corrected chi connectivity index (χ3v) is 2.85. The number of benzene rings is 1. The number of nitrogens with one attached hydrogen (secondary N) is 1. The van der Waals surface area contributed by atoms with Gasteiger partial charge in [-0.2, -0.15) is 0 Å². The number of pyridine rings is 1. The highest BCUT2D eigenvalue weighted by Crippen LogP contribution is 2.25. The van der Waals surface area contributed by atoms with Crippen LogP contribution in [-0.2, 0) is 0 Å². The molecule has 2 aromatic rings. The van der Waals surface area contributed by atoms with Crippen LogP contribution in [0.4, 0.5) is 5.82 Å². The maximum absolute atomic E-state index is 8.74. The van der Waals surface area contributed by atoms with E-state index in [9.17, 15) is 0 Å². The normalized spacial score (nSPS) is 10.6. The highest BCUT2D eigenvalue weighted by Gasteiger charge is 2.03. The number of hydrogen-bond acceptors (Lipinski definition) is 4. The van der Waals surface area contributed by atoms with E-state index in [1.165, 1.54) is 0 Å². The Morgan fingerprint density at radius 3 is 2.94 bits per heavy atom. The first-order valence-electron chi connectivity index (χ1n) is 6.12. The van der Waals surface area contributed by atoms with Gasteiger partial charge in [0.05, 0.1) is 7.11 Å². The summed E-state index contributed by atoms with van der Waals surface area (Å²) in [6.45, 7) is 1.04. The van der Waals surface area contributed by atoms with Gasteiger partial charge in [-0.1, -0.05) is 6.07 Å². The monoisotopic (exact) mass is 246 g/mol. The van der Waals surface area contributed by atoms with Crippen molar-refractivity contribution in [1.29, 1.82) is 0 Å². The van der Waals surface area contributed by atoms with Crippen LogP contribution in [0.15, 0.2) is 30.5 Å². The van der Waals surface area contributed by atoms with Crippen LogP contribution >= 0.6 is 0 Å². The molecule has 0 amide bonds. The van der Waals surface area contributed by atoms with Gasteiger partial charge in [-0.05, 0) is 36.4 Å². The molecular weight excluding hydrogens is 228 g/mol. The topological polar surface area (TPSA) is 54.4 Å².